The Morgan fingerprint density at radius 1 is 1.44 bits per heavy atom. The molecule has 5 N–H and O–H groups in total. The largest absolute Gasteiger partial charge is 0.396 e. The predicted molar refractivity (Wildman–Crippen MR) is 55.2 cm³/mol. The number of sulfonamides is 1. The van der Waals surface area contributed by atoms with Gasteiger partial charge in [0.15, 0.2) is 0 Å². The number of hydrogen-bond acceptors (Lipinski definition) is 4. The maximum Gasteiger partial charge on any atom is 0.241 e. The second-order valence-corrected chi connectivity index (χ2v) is 4.74. The van der Waals surface area contributed by atoms with Gasteiger partial charge in [0, 0.05) is 0 Å². The lowest BCUT2D eigenvalue weighted by atomic mass is 10.3. The van der Waals surface area contributed by atoms with Gasteiger partial charge in [-0.3, -0.25) is 4.79 Å². The van der Waals surface area contributed by atoms with E-state index < -0.39 is 28.3 Å². The summed E-state index contributed by atoms with van der Waals surface area (Å²) in [6, 6.07) is 2.92. The van der Waals surface area contributed by atoms with Crippen LogP contribution in [0.2, 0.25) is 0 Å². The quantitative estimate of drug-likeness (QED) is 0.602. The van der Waals surface area contributed by atoms with Gasteiger partial charge in [0.1, 0.15) is 5.82 Å². The number of halogens is 1. The Balaban J connectivity index is 2.99. The van der Waals surface area contributed by atoms with Crippen molar-refractivity contribution < 1.29 is 17.6 Å². The van der Waals surface area contributed by atoms with Gasteiger partial charge in [0.05, 0.1) is 17.1 Å². The summed E-state index contributed by atoms with van der Waals surface area (Å²) in [6.45, 7) is -0.528. The molecule has 1 amide bonds. The number of rotatable bonds is 4. The van der Waals surface area contributed by atoms with E-state index in [1.165, 1.54) is 0 Å². The van der Waals surface area contributed by atoms with Gasteiger partial charge < -0.3 is 11.5 Å². The molecule has 0 spiro atoms. The third-order valence-electron chi connectivity index (χ3n) is 1.71. The SMILES string of the molecule is NC(=O)CNS(=O)(=O)c1ccc(F)c(N)c1. The molecule has 0 aliphatic rings. The molecule has 0 unspecified atom stereocenters. The van der Waals surface area contributed by atoms with Crippen molar-refractivity contribution in [2.45, 2.75) is 4.90 Å². The van der Waals surface area contributed by atoms with Gasteiger partial charge >= 0.3 is 0 Å². The molecule has 1 rings (SSSR count). The first-order chi connectivity index (χ1) is 7.33. The van der Waals surface area contributed by atoms with Gasteiger partial charge in [-0.05, 0) is 18.2 Å². The van der Waals surface area contributed by atoms with Gasteiger partial charge in [-0.15, -0.1) is 0 Å². The fourth-order valence-electron chi connectivity index (χ4n) is 0.938. The Labute approximate surface area is 91.5 Å². The average Bonchev–Trinajstić information content (AvgIpc) is 2.19. The van der Waals surface area contributed by atoms with Gasteiger partial charge in [0.25, 0.3) is 0 Å². The molecule has 1 aromatic rings. The minimum atomic E-state index is -3.89. The fraction of sp³-hybridized carbons (Fsp3) is 0.125. The number of amides is 1. The molecular formula is C8H10FN3O3S. The van der Waals surface area contributed by atoms with Crippen LogP contribution in [0, 0.1) is 5.82 Å². The normalized spacial score (nSPS) is 11.3. The first-order valence-electron chi connectivity index (χ1n) is 4.16. The molecule has 1 aromatic carbocycles. The Hall–Kier alpha value is -1.67. The lowest BCUT2D eigenvalue weighted by Gasteiger charge is -2.05. The number of hydrogen-bond donors (Lipinski definition) is 3. The van der Waals surface area contributed by atoms with Crippen LogP contribution in [0.5, 0.6) is 0 Å². The minimum absolute atomic E-state index is 0.229. The van der Waals surface area contributed by atoms with E-state index in [4.69, 9.17) is 11.5 Å². The molecule has 0 aliphatic heterocycles. The Morgan fingerprint density at radius 2 is 2.06 bits per heavy atom. The molecule has 6 nitrogen and oxygen atoms in total. The third-order valence-corrected chi connectivity index (χ3v) is 3.11. The number of nitrogens with two attached hydrogens (primary N) is 2. The fourth-order valence-corrected chi connectivity index (χ4v) is 1.97. The van der Waals surface area contributed by atoms with E-state index in [9.17, 15) is 17.6 Å². The molecule has 8 heteroatoms. The zero-order valence-electron chi connectivity index (χ0n) is 8.10. The molecular weight excluding hydrogens is 237 g/mol. The summed E-state index contributed by atoms with van der Waals surface area (Å²) >= 11 is 0. The van der Waals surface area contributed by atoms with Crippen molar-refractivity contribution in [3.05, 3.63) is 24.0 Å². The molecule has 0 saturated heterocycles. The number of nitrogens with one attached hydrogen (secondary N) is 1. The van der Waals surface area contributed by atoms with Crippen LogP contribution in [-0.4, -0.2) is 20.9 Å². The maximum atomic E-state index is 12.8. The van der Waals surface area contributed by atoms with E-state index in [-0.39, 0.29) is 10.6 Å². The van der Waals surface area contributed by atoms with Crippen molar-refractivity contribution in [2.75, 3.05) is 12.3 Å². The van der Waals surface area contributed by atoms with Crippen LogP contribution in [0.15, 0.2) is 23.1 Å². The Kier molecular flexibility index (Phi) is 3.45. The van der Waals surface area contributed by atoms with Crippen molar-refractivity contribution in [3.63, 3.8) is 0 Å². The van der Waals surface area contributed by atoms with Crippen LogP contribution in [0.4, 0.5) is 10.1 Å². The summed E-state index contributed by atoms with van der Waals surface area (Å²) in [6.07, 6.45) is 0. The molecule has 0 bridgehead atoms. The predicted octanol–water partition coefficient (Wildman–Crippen LogP) is -0.829. The molecule has 88 valence electrons. The van der Waals surface area contributed by atoms with E-state index in [2.05, 4.69) is 0 Å². The Morgan fingerprint density at radius 3 is 2.56 bits per heavy atom. The lowest BCUT2D eigenvalue weighted by Crippen LogP contribution is -2.33. The minimum Gasteiger partial charge on any atom is -0.396 e. The van der Waals surface area contributed by atoms with Crippen molar-refractivity contribution in [2.24, 2.45) is 5.73 Å². The number of carbonyl (C=O) groups excluding carboxylic acids is 1. The van der Waals surface area contributed by atoms with E-state index in [0.29, 0.717) is 0 Å². The van der Waals surface area contributed by atoms with Gasteiger partial charge in [-0.25, -0.2) is 17.5 Å². The van der Waals surface area contributed by atoms with Crippen molar-refractivity contribution in [3.8, 4) is 0 Å². The van der Waals surface area contributed by atoms with Crippen LogP contribution < -0.4 is 16.2 Å². The van der Waals surface area contributed by atoms with E-state index in [0.717, 1.165) is 18.2 Å². The number of nitrogen functional groups attached to an aromatic ring is 1. The molecule has 0 aromatic heterocycles. The second-order valence-electron chi connectivity index (χ2n) is 2.97. The number of carbonyl (C=O) groups is 1. The standard InChI is InChI=1S/C8H10FN3O3S/c9-6-2-1-5(3-7(6)10)16(14,15)12-4-8(11)13/h1-3,12H,4,10H2,(H2,11,13). The molecule has 0 radical (unpaired) electrons. The van der Waals surface area contributed by atoms with Crippen molar-refractivity contribution >= 4 is 21.6 Å². The van der Waals surface area contributed by atoms with E-state index >= 15 is 0 Å². The third kappa shape index (κ3) is 2.91. The van der Waals surface area contributed by atoms with Crippen molar-refractivity contribution in [1.29, 1.82) is 0 Å². The summed E-state index contributed by atoms with van der Waals surface area (Å²) in [7, 11) is -3.89. The van der Waals surface area contributed by atoms with Crippen LogP contribution in [0.1, 0.15) is 0 Å². The zero-order valence-corrected chi connectivity index (χ0v) is 8.92. The maximum absolute atomic E-state index is 12.8. The van der Waals surface area contributed by atoms with Crippen LogP contribution in [0.25, 0.3) is 0 Å². The molecule has 0 aliphatic carbocycles. The highest BCUT2D eigenvalue weighted by Crippen LogP contribution is 2.16. The van der Waals surface area contributed by atoms with Crippen molar-refractivity contribution in [1.82, 2.24) is 4.72 Å². The first kappa shape index (κ1) is 12.4. The highest BCUT2D eigenvalue weighted by Gasteiger charge is 2.15. The second kappa shape index (κ2) is 4.45. The zero-order chi connectivity index (χ0) is 12.3. The monoisotopic (exact) mass is 247 g/mol. The van der Waals surface area contributed by atoms with Gasteiger partial charge in [-0.1, -0.05) is 0 Å². The van der Waals surface area contributed by atoms with Crippen LogP contribution in [0.3, 0.4) is 0 Å². The highest BCUT2D eigenvalue weighted by atomic mass is 32.2. The van der Waals surface area contributed by atoms with Crippen LogP contribution >= 0.6 is 0 Å². The highest BCUT2D eigenvalue weighted by molar-refractivity contribution is 7.89. The summed E-state index contributed by atoms with van der Waals surface area (Å²) in [5.41, 5.74) is 9.71. The van der Waals surface area contributed by atoms with Gasteiger partial charge in [0.2, 0.25) is 15.9 Å². The molecule has 0 saturated carbocycles. The number of primary amides is 1. The topological polar surface area (TPSA) is 115 Å². The molecule has 0 atom stereocenters. The lowest BCUT2D eigenvalue weighted by molar-refractivity contribution is -0.116. The van der Waals surface area contributed by atoms with Crippen LogP contribution in [-0.2, 0) is 14.8 Å². The summed E-state index contributed by atoms with van der Waals surface area (Å²) < 4.78 is 37.7. The molecule has 16 heavy (non-hydrogen) atoms. The van der Waals surface area contributed by atoms with E-state index in [1.807, 2.05) is 4.72 Å². The smallest absolute Gasteiger partial charge is 0.241 e. The molecule has 0 fully saturated rings. The number of benzene rings is 1. The summed E-state index contributed by atoms with van der Waals surface area (Å²) in [5, 5.41) is 0. The van der Waals surface area contributed by atoms with E-state index in [1.54, 1.807) is 0 Å². The molecule has 0 heterocycles. The number of anilines is 1. The first-order valence-corrected chi connectivity index (χ1v) is 5.64. The van der Waals surface area contributed by atoms with Gasteiger partial charge in [-0.2, -0.15) is 0 Å². The average molecular weight is 247 g/mol. The summed E-state index contributed by atoms with van der Waals surface area (Å²) in [5.74, 6) is -1.53. The Bertz CT molecular complexity index is 515. The summed E-state index contributed by atoms with van der Waals surface area (Å²) in [4.78, 5) is 10.2.